The van der Waals surface area contributed by atoms with Crippen molar-refractivity contribution in [2.45, 2.75) is 33.1 Å². The smallest absolute Gasteiger partial charge is 0.312 e. The van der Waals surface area contributed by atoms with E-state index in [1.165, 1.54) is 18.5 Å². The Bertz CT molecular complexity index is 1040. The highest BCUT2D eigenvalue weighted by atomic mass is 31.2. The number of nitrogens with one attached hydrogen (secondary N) is 2. The van der Waals surface area contributed by atoms with Gasteiger partial charge in [-0.05, 0) is 48.9 Å². The number of benzene rings is 2. The van der Waals surface area contributed by atoms with Gasteiger partial charge in [0.2, 0.25) is 0 Å². The molecule has 0 spiro atoms. The summed E-state index contributed by atoms with van der Waals surface area (Å²) in [4.78, 5) is 2.46. The third-order valence-electron chi connectivity index (χ3n) is 6.04. The molecule has 6 heteroatoms. The minimum atomic E-state index is -3.18. The zero-order valence-corrected chi connectivity index (χ0v) is 18.5. The van der Waals surface area contributed by atoms with E-state index in [-0.39, 0.29) is 5.41 Å². The molecule has 2 fully saturated rings. The lowest BCUT2D eigenvalue weighted by molar-refractivity contribution is 0.344. The molecule has 2 aromatic rings. The molecule has 5 rings (SSSR count). The Morgan fingerprint density at radius 3 is 2.27 bits per heavy atom. The Labute approximate surface area is 178 Å². The van der Waals surface area contributed by atoms with Gasteiger partial charge < -0.3 is 9.99 Å². The second-order valence-electron chi connectivity index (χ2n) is 9.03. The van der Waals surface area contributed by atoms with Gasteiger partial charge in [0, 0.05) is 24.5 Å². The highest BCUT2D eigenvalue weighted by molar-refractivity contribution is 7.71. The van der Waals surface area contributed by atoms with E-state index in [0.717, 1.165) is 41.9 Å². The first-order chi connectivity index (χ1) is 14.5. The van der Waals surface area contributed by atoms with Gasteiger partial charge in [0.05, 0.1) is 16.7 Å². The highest BCUT2D eigenvalue weighted by Crippen LogP contribution is 2.66. The summed E-state index contributed by atoms with van der Waals surface area (Å²) in [5.41, 5.74) is 7.48. The molecule has 0 radical (unpaired) electrons. The molecular weight excluding hydrogens is 391 g/mol. The standard InChI is InChI=1S/C24H29N4OP/c1-24(2)17-21-23(22(18-24)27-15-9-10-16-27)30(29,26-19-11-5-3-6-12-19)28(25-21)20-13-7-4-8-14-20/h3-8,11-14,17,25H,9-10,15-16,18H2,1-2H3,(H,26,29)/t30-/m0/s1. The molecule has 2 saturated heterocycles. The Morgan fingerprint density at radius 1 is 0.967 bits per heavy atom. The van der Waals surface area contributed by atoms with E-state index in [1.807, 2.05) is 65.4 Å². The summed E-state index contributed by atoms with van der Waals surface area (Å²) in [5, 5.41) is 4.38. The Morgan fingerprint density at radius 2 is 1.60 bits per heavy atom. The van der Waals surface area contributed by atoms with Crippen LogP contribution in [-0.2, 0) is 4.57 Å². The highest BCUT2D eigenvalue weighted by Gasteiger charge is 2.50. The minimum absolute atomic E-state index is 0.00797. The Balaban J connectivity index is 1.69. The maximum atomic E-state index is 14.9. The zero-order chi connectivity index (χ0) is 20.8. The van der Waals surface area contributed by atoms with E-state index in [0.29, 0.717) is 0 Å². The van der Waals surface area contributed by atoms with Crippen molar-refractivity contribution < 1.29 is 4.57 Å². The number of allylic oxidation sites excluding steroid dienone is 3. The van der Waals surface area contributed by atoms with Gasteiger partial charge in [-0.1, -0.05) is 56.3 Å². The molecule has 2 aliphatic heterocycles. The summed E-state index contributed by atoms with van der Waals surface area (Å²) in [6, 6.07) is 19.9. The van der Waals surface area contributed by atoms with Crippen LogP contribution in [0.5, 0.6) is 0 Å². The molecule has 0 unspecified atom stereocenters. The summed E-state index contributed by atoms with van der Waals surface area (Å²) in [6.07, 6.45) is 5.55. The molecule has 2 aromatic carbocycles. The van der Waals surface area contributed by atoms with Crippen LogP contribution in [0.15, 0.2) is 83.4 Å². The monoisotopic (exact) mass is 420 g/mol. The summed E-state index contributed by atoms with van der Waals surface area (Å²) in [7, 11) is -3.18. The topological polar surface area (TPSA) is 47.6 Å². The predicted octanol–water partition coefficient (Wildman–Crippen LogP) is 5.94. The lowest BCUT2D eigenvalue weighted by Gasteiger charge is -2.35. The van der Waals surface area contributed by atoms with Gasteiger partial charge in [-0.3, -0.25) is 9.99 Å². The molecule has 0 bridgehead atoms. The number of anilines is 2. The second-order valence-corrected chi connectivity index (χ2v) is 11.2. The number of hydrogen-bond acceptors (Lipinski definition) is 3. The molecule has 1 aliphatic carbocycles. The molecule has 156 valence electrons. The SMILES string of the molecule is CC1(C)C=C2NN(c3ccccc3)[P@@](=O)(Nc3ccccc3)C2=C(N2CCCC2)C1. The van der Waals surface area contributed by atoms with Crippen molar-refractivity contribution in [2.75, 3.05) is 23.0 Å². The van der Waals surface area contributed by atoms with Crippen molar-refractivity contribution in [3.63, 3.8) is 0 Å². The molecule has 1 atom stereocenters. The number of hydrogen-bond donors (Lipinski definition) is 2. The van der Waals surface area contributed by atoms with Crippen LogP contribution in [0.25, 0.3) is 0 Å². The number of likely N-dealkylation sites (tertiary alicyclic amines) is 1. The molecule has 0 aromatic heterocycles. The van der Waals surface area contributed by atoms with Crippen molar-refractivity contribution in [3.05, 3.63) is 83.4 Å². The largest absolute Gasteiger partial charge is 0.374 e. The average Bonchev–Trinajstić information content (AvgIpc) is 3.35. The molecule has 0 amide bonds. The fourth-order valence-corrected chi connectivity index (χ4v) is 7.36. The van der Waals surface area contributed by atoms with Crippen molar-refractivity contribution in [2.24, 2.45) is 5.41 Å². The summed E-state index contributed by atoms with van der Waals surface area (Å²) in [6.45, 7) is 6.60. The number of hydrazine groups is 1. The maximum absolute atomic E-state index is 14.9. The fraction of sp³-hybridized carbons (Fsp3) is 0.333. The van der Waals surface area contributed by atoms with Gasteiger partial charge in [-0.25, -0.2) is 4.78 Å². The normalized spacial score (nSPS) is 25.1. The fourth-order valence-electron chi connectivity index (χ4n) is 4.73. The number of fused-ring (bicyclic) bond motifs is 1. The van der Waals surface area contributed by atoms with Gasteiger partial charge in [0.15, 0.2) is 0 Å². The van der Waals surface area contributed by atoms with Crippen LogP contribution in [0.1, 0.15) is 33.1 Å². The van der Waals surface area contributed by atoms with E-state index in [9.17, 15) is 4.57 Å². The predicted molar refractivity (Wildman–Crippen MR) is 124 cm³/mol. The lowest BCUT2D eigenvalue weighted by Crippen LogP contribution is -2.30. The second kappa shape index (κ2) is 7.24. The van der Waals surface area contributed by atoms with Crippen molar-refractivity contribution >= 4 is 18.8 Å². The van der Waals surface area contributed by atoms with Crippen molar-refractivity contribution in [3.8, 4) is 0 Å². The lowest BCUT2D eigenvalue weighted by atomic mass is 9.83. The summed E-state index contributed by atoms with van der Waals surface area (Å²) < 4.78 is 16.7. The molecule has 30 heavy (non-hydrogen) atoms. The molecule has 2 N–H and O–H groups in total. The molecule has 2 heterocycles. The van der Waals surface area contributed by atoms with E-state index >= 15 is 0 Å². The zero-order valence-electron chi connectivity index (χ0n) is 17.6. The first-order valence-corrected chi connectivity index (χ1v) is 12.4. The first kappa shape index (κ1) is 19.3. The first-order valence-electron chi connectivity index (χ1n) is 10.7. The van der Waals surface area contributed by atoms with E-state index < -0.39 is 7.44 Å². The van der Waals surface area contributed by atoms with Gasteiger partial charge in [-0.2, -0.15) is 0 Å². The summed E-state index contributed by atoms with van der Waals surface area (Å²) >= 11 is 0. The Kier molecular flexibility index (Phi) is 4.67. The van der Waals surface area contributed by atoms with Crippen LogP contribution in [0, 0.1) is 5.41 Å². The van der Waals surface area contributed by atoms with Gasteiger partial charge >= 0.3 is 7.44 Å². The van der Waals surface area contributed by atoms with E-state index in [1.54, 1.807) is 0 Å². The van der Waals surface area contributed by atoms with Crippen LogP contribution >= 0.6 is 7.44 Å². The number of nitrogens with zero attached hydrogens (tertiary/aromatic N) is 2. The quantitative estimate of drug-likeness (QED) is 0.600. The number of para-hydroxylation sites is 2. The van der Waals surface area contributed by atoms with Gasteiger partial charge in [0.1, 0.15) is 0 Å². The van der Waals surface area contributed by atoms with E-state index in [2.05, 4.69) is 35.3 Å². The molecule has 0 saturated carbocycles. The van der Waals surface area contributed by atoms with Gasteiger partial charge in [0.25, 0.3) is 0 Å². The summed E-state index contributed by atoms with van der Waals surface area (Å²) in [5.74, 6) is 0. The Hall–Kier alpha value is -2.65. The minimum Gasteiger partial charge on any atom is -0.374 e. The number of rotatable bonds is 4. The van der Waals surface area contributed by atoms with Crippen LogP contribution in [0.4, 0.5) is 11.4 Å². The van der Waals surface area contributed by atoms with E-state index in [4.69, 9.17) is 0 Å². The van der Waals surface area contributed by atoms with Crippen LogP contribution in [0.3, 0.4) is 0 Å². The molecule has 5 nitrogen and oxygen atoms in total. The average molecular weight is 420 g/mol. The van der Waals surface area contributed by atoms with Gasteiger partial charge in [-0.15, -0.1) is 0 Å². The third-order valence-corrected chi connectivity index (χ3v) is 8.60. The third kappa shape index (κ3) is 3.31. The van der Waals surface area contributed by atoms with Crippen molar-refractivity contribution in [1.82, 2.24) is 10.3 Å². The van der Waals surface area contributed by atoms with Crippen molar-refractivity contribution in [1.29, 1.82) is 0 Å². The molecule has 3 aliphatic rings. The maximum Gasteiger partial charge on any atom is 0.312 e. The van der Waals surface area contributed by atoms with Crippen LogP contribution < -0.4 is 15.3 Å². The van der Waals surface area contributed by atoms with Crippen LogP contribution in [-0.4, -0.2) is 18.0 Å². The molecular formula is C24H29N4OP. The van der Waals surface area contributed by atoms with Crippen LogP contribution in [0.2, 0.25) is 0 Å².